The molecule has 140 valence electrons. The van der Waals surface area contributed by atoms with Gasteiger partial charge in [0.05, 0.1) is 10.9 Å². The second-order valence-corrected chi connectivity index (χ2v) is 7.89. The van der Waals surface area contributed by atoms with Gasteiger partial charge in [0.15, 0.2) is 0 Å². The highest BCUT2D eigenvalue weighted by Gasteiger charge is 2.36. The largest absolute Gasteiger partial charge is 0.396 e. The van der Waals surface area contributed by atoms with Gasteiger partial charge >= 0.3 is 0 Å². The zero-order chi connectivity index (χ0) is 19.0. The predicted octanol–water partition coefficient (Wildman–Crippen LogP) is 4.85. The van der Waals surface area contributed by atoms with E-state index in [0.717, 1.165) is 5.75 Å². The fourth-order valence-corrected chi connectivity index (χ4v) is 5.01. The Balaban J connectivity index is 2.06. The summed E-state index contributed by atoms with van der Waals surface area (Å²) in [7, 11) is 0. The maximum Gasteiger partial charge on any atom is 0.0906 e. The minimum atomic E-state index is -0.470. The van der Waals surface area contributed by atoms with E-state index < -0.39 is 6.10 Å². The SMILES string of the molecule is OCC[C@H](O)CCSC(c1ccccc1)(c1ccccc1)c1ccccc1. The first-order valence-electron chi connectivity index (χ1n) is 9.37. The summed E-state index contributed by atoms with van der Waals surface area (Å²) in [5.41, 5.74) is 3.68. The van der Waals surface area contributed by atoms with Gasteiger partial charge in [0, 0.05) is 6.61 Å². The third kappa shape index (κ3) is 4.62. The van der Waals surface area contributed by atoms with Crippen LogP contribution in [-0.2, 0) is 4.75 Å². The van der Waals surface area contributed by atoms with Crippen molar-refractivity contribution < 1.29 is 10.2 Å². The van der Waals surface area contributed by atoms with Crippen molar-refractivity contribution >= 4 is 11.8 Å². The first-order valence-corrected chi connectivity index (χ1v) is 10.4. The molecule has 1 atom stereocenters. The van der Waals surface area contributed by atoms with Gasteiger partial charge in [-0.15, -0.1) is 11.8 Å². The summed E-state index contributed by atoms with van der Waals surface area (Å²) < 4.78 is -0.345. The number of aliphatic hydroxyl groups excluding tert-OH is 2. The van der Waals surface area contributed by atoms with Gasteiger partial charge in [-0.05, 0) is 35.3 Å². The van der Waals surface area contributed by atoms with Crippen LogP contribution in [0.25, 0.3) is 0 Å². The Morgan fingerprint density at radius 3 is 1.44 bits per heavy atom. The van der Waals surface area contributed by atoms with E-state index in [4.69, 9.17) is 5.11 Å². The van der Waals surface area contributed by atoms with Crippen LogP contribution in [0.3, 0.4) is 0 Å². The Labute approximate surface area is 165 Å². The molecule has 0 saturated carbocycles. The van der Waals surface area contributed by atoms with E-state index in [9.17, 15) is 5.11 Å². The number of aliphatic hydroxyl groups is 2. The van der Waals surface area contributed by atoms with Crippen molar-refractivity contribution in [3.05, 3.63) is 108 Å². The molecule has 0 bridgehead atoms. The average Bonchev–Trinajstić information content (AvgIpc) is 2.73. The summed E-state index contributed by atoms with van der Waals surface area (Å²) in [6, 6.07) is 31.7. The second kappa shape index (κ2) is 9.75. The molecule has 0 aliphatic carbocycles. The molecule has 0 radical (unpaired) electrons. The number of hydrogen-bond donors (Lipinski definition) is 2. The van der Waals surface area contributed by atoms with Crippen LogP contribution in [0.1, 0.15) is 29.5 Å². The quantitative estimate of drug-likeness (QED) is 0.523. The van der Waals surface area contributed by atoms with E-state index >= 15 is 0 Å². The molecule has 0 heterocycles. The van der Waals surface area contributed by atoms with Gasteiger partial charge in [0.25, 0.3) is 0 Å². The Kier molecular flexibility index (Phi) is 7.11. The minimum absolute atomic E-state index is 0.0209. The lowest BCUT2D eigenvalue weighted by Gasteiger charge is -2.35. The number of rotatable bonds is 9. The first-order chi connectivity index (χ1) is 13.3. The molecule has 0 saturated heterocycles. The standard InChI is InChI=1S/C24H26O2S/c25-18-16-23(26)17-19-27-24(20-10-4-1-5-11-20,21-12-6-2-7-13-21)22-14-8-3-9-15-22/h1-15,23,25-26H,16-19H2/t23-/m0/s1. The fourth-order valence-electron chi connectivity index (χ4n) is 3.41. The normalized spacial score (nSPS) is 12.7. The van der Waals surface area contributed by atoms with Crippen molar-refractivity contribution in [2.24, 2.45) is 0 Å². The molecule has 3 aromatic rings. The van der Waals surface area contributed by atoms with E-state index in [0.29, 0.717) is 12.8 Å². The van der Waals surface area contributed by atoms with Crippen LogP contribution in [0.4, 0.5) is 0 Å². The third-order valence-corrected chi connectivity index (χ3v) is 6.35. The van der Waals surface area contributed by atoms with Gasteiger partial charge < -0.3 is 10.2 Å². The van der Waals surface area contributed by atoms with Crippen molar-refractivity contribution in [2.45, 2.75) is 23.7 Å². The van der Waals surface area contributed by atoms with Crippen molar-refractivity contribution in [1.29, 1.82) is 0 Å². The van der Waals surface area contributed by atoms with Crippen LogP contribution in [0.15, 0.2) is 91.0 Å². The Morgan fingerprint density at radius 1 is 0.667 bits per heavy atom. The van der Waals surface area contributed by atoms with Gasteiger partial charge in [0.2, 0.25) is 0 Å². The third-order valence-electron chi connectivity index (χ3n) is 4.77. The van der Waals surface area contributed by atoms with Crippen LogP contribution in [0.2, 0.25) is 0 Å². The van der Waals surface area contributed by atoms with Crippen LogP contribution >= 0.6 is 11.8 Å². The van der Waals surface area contributed by atoms with E-state index in [1.165, 1.54) is 16.7 Å². The lowest BCUT2D eigenvalue weighted by Crippen LogP contribution is -2.26. The second-order valence-electron chi connectivity index (χ2n) is 6.58. The Bertz CT molecular complexity index is 694. The maximum atomic E-state index is 10.1. The highest BCUT2D eigenvalue weighted by Crippen LogP contribution is 2.48. The molecular weight excluding hydrogens is 352 g/mol. The van der Waals surface area contributed by atoms with E-state index in [1.54, 1.807) is 0 Å². The molecule has 3 aromatic carbocycles. The van der Waals surface area contributed by atoms with Gasteiger partial charge in [-0.2, -0.15) is 0 Å². The van der Waals surface area contributed by atoms with Crippen molar-refractivity contribution in [2.75, 3.05) is 12.4 Å². The fraction of sp³-hybridized carbons (Fsp3) is 0.250. The predicted molar refractivity (Wildman–Crippen MR) is 114 cm³/mol. The molecule has 2 N–H and O–H groups in total. The van der Waals surface area contributed by atoms with Gasteiger partial charge in [0.1, 0.15) is 0 Å². The molecule has 0 unspecified atom stereocenters. The first kappa shape index (κ1) is 19.7. The van der Waals surface area contributed by atoms with E-state index in [1.807, 2.05) is 30.0 Å². The molecule has 0 spiro atoms. The smallest absolute Gasteiger partial charge is 0.0906 e. The lowest BCUT2D eigenvalue weighted by atomic mass is 9.84. The van der Waals surface area contributed by atoms with Crippen LogP contribution in [0, 0.1) is 0 Å². The number of benzene rings is 3. The van der Waals surface area contributed by atoms with Crippen molar-refractivity contribution in [1.82, 2.24) is 0 Å². The lowest BCUT2D eigenvalue weighted by molar-refractivity contribution is 0.130. The minimum Gasteiger partial charge on any atom is -0.396 e. The molecule has 0 fully saturated rings. The monoisotopic (exact) mass is 378 g/mol. The molecule has 0 amide bonds. The summed E-state index contributed by atoms with van der Waals surface area (Å²) in [5, 5.41) is 19.1. The van der Waals surface area contributed by atoms with Gasteiger partial charge in [-0.25, -0.2) is 0 Å². The molecule has 2 nitrogen and oxygen atoms in total. The number of thioether (sulfide) groups is 1. The molecule has 3 rings (SSSR count). The van der Waals surface area contributed by atoms with Crippen molar-refractivity contribution in [3.63, 3.8) is 0 Å². The van der Waals surface area contributed by atoms with Crippen molar-refractivity contribution in [3.8, 4) is 0 Å². The Hall–Kier alpha value is -2.07. The van der Waals surface area contributed by atoms with E-state index in [-0.39, 0.29) is 11.4 Å². The molecule has 27 heavy (non-hydrogen) atoms. The van der Waals surface area contributed by atoms with Crippen LogP contribution in [0.5, 0.6) is 0 Å². The average molecular weight is 379 g/mol. The highest BCUT2D eigenvalue weighted by atomic mass is 32.2. The molecule has 0 aliphatic rings. The molecule has 3 heteroatoms. The zero-order valence-corrected chi connectivity index (χ0v) is 16.2. The zero-order valence-electron chi connectivity index (χ0n) is 15.4. The Morgan fingerprint density at radius 2 is 1.07 bits per heavy atom. The van der Waals surface area contributed by atoms with Crippen LogP contribution in [-0.4, -0.2) is 28.7 Å². The maximum absolute atomic E-state index is 10.1. The summed E-state index contributed by atoms with van der Waals surface area (Å²) in [5.74, 6) is 0.792. The van der Waals surface area contributed by atoms with E-state index in [2.05, 4.69) is 72.8 Å². The summed E-state index contributed by atoms with van der Waals surface area (Å²) in [6.07, 6.45) is 0.609. The summed E-state index contributed by atoms with van der Waals surface area (Å²) >= 11 is 1.84. The molecular formula is C24H26O2S. The van der Waals surface area contributed by atoms with Gasteiger partial charge in [-0.1, -0.05) is 91.0 Å². The topological polar surface area (TPSA) is 40.5 Å². The van der Waals surface area contributed by atoms with Crippen LogP contribution < -0.4 is 0 Å². The highest BCUT2D eigenvalue weighted by molar-refractivity contribution is 8.00. The molecule has 0 aromatic heterocycles. The van der Waals surface area contributed by atoms with Gasteiger partial charge in [-0.3, -0.25) is 0 Å². The summed E-state index contributed by atoms with van der Waals surface area (Å²) in [4.78, 5) is 0. The summed E-state index contributed by atoms with van der Waals surface area (Å²) in [6.45, 7) is 0.0209. The number of hydrogen-bond acceptors (Lipinski definition) is 3. The molecule has 0 aliphatic heterocycles.